The van der Waals surface area contributed by atoms with E-state index in [2.05, 4.69) is 21.9 Å². The molecule has 5 heteroatoms. The molecule has 16 heavy (non-hydrogen) atoms. The molecule has 1 aromatic heterocycles. The van der Waals surface area contributed by atoms with Crippen LogP contribution in [0.2, 0.25) is 0 Å². The molecule has 0 aliphatic carbocycles. The third-order valence-electron chi connectivity index (χ3n) is 1.69. The van der Waals surface area contributed by atoms with Crippen molar-refractivity contribution in [3.05, 3.63) is 24.9 Å². The maximum atomic E-state index is 5.28. The summed E-state index contributed by atoms with van der Waals surface area (Å²) in [5, 5.41) is 3.14. The number of nitrogens with zero attached hydrogens (tertiary/aromatic N) is 2. The van der Waals surface area contributed by atoms with Gasteiger partial charge in [-0.15, -0.1) is 6.58 Å². The first-order valence-electron chi connectivity index (χ1n) is 5.25. The minimum atomic E-state index is 0.610. The summed E-state index contributed by atoms with van der Waals surface area (Å²) in [5.74, 6) is 3.21. The van der Waals surface area contributed by atoms with E-state index in [9.17, 15) is 0 Å². The Hall–Kier alpha value is -1.23. The van der Waals surface area contributed by atoms with Crippen molar-refractivity contribution in [2.24, 2.45) is 0 Å². The first-order chi connectivity index (χ1) is 7.86. The van der Waals surface area contributed by atoms with Crippen LogP contribution in [0.1, 0.15) is 6.92 Å². The van der Waals surface area contributed by atoms with Gasteiger partial charge in [0.1, 0.15) is 0 Å². The van der Waals surface area contributed by atoms with Crippen LogP contribution < -0.4 is 10.1 Å². The fourth-order valence-electron chi connectivity index (χ4n) is 1.06. The molecule has 0 bridgehead atoms. The van der Waals surface area contributed by atoms with Crippen molar-refractivity contribution in [1.29, 1.82) is 0 Å². The number of hydrogen-bond acceptors (Lipinski definition) is 5. The summed E-state index contributed by atoms with van der Waals surface area (Å²) in [7, 11) is 0. The third kappa shape index (κ3) is 5.02. The molecule has 0 fully saturated rings. The van der Waals surface area contributed by atoms with Gasteiger partial charge in [0, 0.05) is 30.3 Å². The lowest BCUT2D eigenvalue weighted by molar-refractivity contribution is 0.326. The minimum absolute atomic E-state index is 0.610. The normalized spacial score (nSPS) is 9.81. The van der Waals surface area contributed by atoms with Gasteiger partial charge in [-0.25, -0.2) is 4.98 Å². The van der Waals surface area contributed by atoms with Gasteiger partial charge >= 0.3 is 0 Å². The maximum absolute atomic E-state index is 5.28. The standard InChI is InChI=1S/C11H17N3OS/c1-3-8-16-9-7-13-11-12-6-5-10(14-11)15-4-2/h3,5-6H,1,4,7-9H2,2H3,(H,12,13,14). The lowest BCUT2D eigenvalue weighted by atomic mass is 10.6. The summed E-state index contributed by atoms with van der Waals surface area (Å²) in [4.78, 5) is 8.31. The van der Waals surface area contributed by atoms with Crippen LogP contribution in [0.5, 0.6) is 5.88 Å². The molecule has 0 saturated carbocycles. The molecule has 1 N–H and O–H groups in total. The molecule has 0 aliphatic heterocycles. The second kappa shape index (κ2) is 7.98. The van der Waals surface area contributed by atoms with Gasteiger partial charge in [0.2, 0.25) is 11.8 Å². The smallest absolute Gasteiger partial charge is 0.225 e. The Morgan fingerprint density at radius 1 is 1.62 bits per heavy atom. The molecule has 0 atom stereocenters. The van der Waals surface area contributed by atoms with Crippen molar-refractivity contribution in [2.75, 3.05) is 30.0 Å². The number of hydrogen-bond donors (Lipinski definition) is 1. The van der Waals surface area contributed by atoms with Gasteiger partial charge in [-0.3, -0.25) is 0 Å². The van der Waals surface area contributed by atoms with Crippen LogP contribution in [-0.2, 0) is 0 Å². The fraction of sp³-hybridized carbons (Fsp3) is 0.455. The van der Waals surface area contributed by atoms with Gasteiger partial charge in [0.05, 0.1) is 6.61 Å². The number of thioether (sulfide) groups is 1. The number of ether oxygens (including phenoxy) is 1. The van der Waals surface area contributed by atoms with Crippen LogP contribution in [0.15, 0.2) is 24.9 Å². The second-order valence-corrected chi connectivity index (χ2v) is 4.09. The van der Waals surface area contributed by atoms with Crippen molar-refractivity contribution in [2.45, 2.75) is 6.92 Å². The van der Waals surface area contributed by atoms with E-state index in [1.807, 2.05) is 24.8 Å². The van der Waals surface area contributed by atoms with Crippen molar-refractivity contribution in [3.63, 3.8) is 0 Å². The second-order valence-electron chi connectivity index (χ2n) is 2.94. The fourth-order valence-corrected chi connectivity index (χ4v) is 1.64. The van der Waals surface area contributed by atoms with Gasteiger partial charge in [0.15, 0.2) is 0 Å². The molecule has 0 radical (unpaired) electrons. The molecule has 1 heterocycles. The molecule has 0 amide bonds. The van der Waals surface area contributed by atoms with E-state index >= 15 is 0 Å². The molecular weight excluding hydrogens is 222 g/mol. The van der Waals surface area contributed by atoms with E-state index < -0.39 is 0 Å². The predicted octanol–water partition coefficient (Wildman–Crippen LogP) is 2.21. The summed E-state index contributed by atoms with van der Waals surface area (Å²) < 4.78 is 5.28. The van der Waals surface area contributed by atoms with Crippen molar-refractivity contribution >= 4 is 17.7 Å². The largest absolute Gasteiger partial charge is 0.478 e. The van der Waals surface area contributed by atoms with Crippen LogP contribution in [0.25, 0.3) is 0 Å². The number of rotatable bonds is 8. The van der Waals surface area contributed by atoms with Crippen molar-refractivity contribution < 1.29 is 4.74 Å². The highest BCUT2D eigenvalue weighted by Crippen LogP contribution is 2.08. The molecule has 1 aromatic rings. The Balaban J connectivity index is 2.30. The van der Waals surface area contributed by atoms with Gasteiger partial charge in [0.25, 0.3) is 0 Å². The summed E-state index contributed by atoms with van der Waals surface area (Å²) in [6, 6.07) is 1.75. The summed E-state index contributed by atoms with van der Waals surface area (Å²) in [5.41, 5.74) is 0. The number of nitrogens with one attached hydrogen (secondary N) is 1. The number of aromatic nitrogens is 2. The summed E-state index contributed by atoms with van der Waals surface area (Å²) in [6.07, 6.45) is 3.59. The van der Waals surface area contributed by atoms with E-state index in [4.69, 9.17) is 4.74 Å². The molecular formula is C11H17N3OS. The van der Waals surface area contributed by atoms with E-state index in [-0.39, 0.29) is 0 Å². The molecule has 88 valence electrons. The first-order valence-corrected chi connectivity index (χ1v) is 6.40. The zero-order valence-corrected chi connectivity index (χ0v) is 10.3. The van der Waals surface area contributed by atoms with E-state index in [0.717, 1.165) is 18.1 Å². The Kier molecular flexibility index (Phi) is 6.41. The highest BCUT2D eigenvalue weighted by molar-refractivity contribution is 7.99. The van der Waals surface area contributed by atoms with Crippen LogP contribution in [0.4, 0.5) is 5.95 Å². The molecule has 0 unspecified atom stereocenters. The van der Waals surface area contributed by atoms with Crippen LogP contribution >= 0.6 is 11.8 Å². The van der Waals surface area contributed by atoms with Gasteiger partial charge in [-0.05, 0) is 6.92 Å². The SMILES string of the molecule is C=CCSCCNc1nccc(OCC)n1. The van der Waals surface area contributed by atoms with Gasteiger partial charge < -0.3 is 10.1 Å². The maximum Gasteiger partial charge on any atom is 0.225 e. The summed E-state index contributed by atoms with van der Waals surface area (Å²) in [6.45, 7) is 7.06. The molecule has 0 aliphatic rings. The zero-order chi connectivity index (χ0) is 11.6. The Labute approximate surface area is 101 Å². The predicted molar refractivity (Wildman–Crippen MR) is 69.2 cm³/mol. The Morgan fingerprint density at radius 3 is 3.25 bits per heavy atom. The monoisotopic (exact) mass is 239 g/mol. The topological polar surface area (TPSA) is 47.0 Å². The average Bonchev–Trinajstić information content (AvgIpc) is 2.30. The highest BCUT2D eigenvalue weighted by Gasteiger charge is 1.98. The summed E-state index contributed by atoms with van der Waals surface area (Å²) >= 11 is 1.82. The molecule has 1 rings (SSSR count). The van der Waals surface area contributed by atoms with Crippen molar-refractivity contribution in [3.8, 4) is 5.88 Å². The molecule has 0 saturated heterocycles. The highest BCUT2D eigenvalue weighted by atomic mass is 32.2. The Morgan fingerprint density at radius 2 is 2.50 bits per heavy atom. The Bertz CT molecular complexity index is 320. The van der Waals surface area contributed by atoms with E-state index in [1.165, 1.54) is 0 Å². The molecule has 4 nitrogen and oxygen atoms in total. The van der Waals surface area contributed by atoms with Crippen molar-refractivity contribution in [1.82, 2.24) is 9.97 Å². The average molecular weight is 239 g/mol. The van der Waals surface area contributed by atoms with Gasteiger partial charge in [-0.2, -0.15) is 16.7 Å². The lowest BCUT2D eigenvalue weighted by Crippen LogP contribution is -2.08. The van der Waals surface area contributed by atoms with E-state index in [1.54, 1.807) is 12.3 Å². The zero-order valence-electron chi connectivity index (χ0n) is 9.48. The quantitative estimate of drug-likeness (QED) is 0.556. The van der Waals surface area contributed by atoms with Gasteiger partial charge in [-0.1, -0.05) is 6.08 Å². The number of anilines is 1. The van der Waals surface area contributed by atoms with Crippen LogP contribution in [0.3, 0.4) is 0 Å². The van der Waals surface area contributed by atoms with Crippen LogP contribution in [0, 0.1) is 0 Å². The lowest BCUT2D eigenvalue weighted by Gasteiger charge is -2.05. The third-order valence-corrected chi connectivity index (χ3v) is 2.65. The molecule has 0 aromatic carbocycles. The van der Waals surface area contributed by atoms with Crippen LogP contribution in [-0.4, -0.2) is 34.6 Å². The first kappa shape index (κ1) is 12.8. The van der Waals surface area contributed by atoms with E-state index in [0.29, 0.717) is 18.4 Å². The molecule has 0 spiro atoms. The minimum Gasteiger partial charge on any atom is -0.478 e.